The van der Waals surface area contributed by atoms with E-state index in [2.05, 4.69) is 15.5 Å². The van der Waals surface area contributed by atoms with Crippen LogP contribution in [0, 0.1) is 5.92 Å². The van der Waals surface area contributed by atoms with E-state index in [0.717, 1.165) is 0 Å². The lowest BCUT2D eigenvalue weighted by Gasteiger charge is -2.31. The van der Waals surface area contributed by atoms with Gasteiger partial charge in [-0.05, 0) is 35.4 Å². The fourth-order valence-electron chi connectivity index (χ4n) is 2.66. The molecule has 1 N–H and O–H groups in total. The van der Waals surface area contributed by atoms with Gasteiger partial charge in [-0.2, -0.15) is 4.68 Å². The van der Waals surface area contributed by atoms with E-state index in [-0.39, 0.29) is 12.5 Å². The number of nitrogens with zero attached hydrogens (tertiary/aromatic N) is 5. The van der Waals surface area contributed by atoms with E-state index in [0.29, 0.717) is 30.6 Å². The second-order valence-corrected chi connectivity index (χ2v) is 5.20. The molecule has 1 fully saturated rings. The van der Waals surface area contributed by atoms with Crippen LogP contribution in [0.15, 0.2) is 30.6 Å². The first-order valence-electron chi connectivity index (χ1n) is 7.01. The standard InChI is InChI=1S/C14H15N5O3/c20-13(18-7-3-4-10(8-18)14(21)22)11-5-1-2-6-12(11)19-9-15-16-17-19/h1-2,5-6,9-10H,3-4,7-8H2,(H,21,22). The quantitative estimate of drug-likeness (QED) is 0.890. The minimum atomic E-state index is -0.855. The summed E-state index contributed by atoms with van der Waals surface area (Å²) in [5.74, 6) is -1.55. The monoisotopic (exact) mass is 301 g/mol. The molecule has 8 heteroatoms. The highest BCUT2D eigenvalue weighted by molar-refractivity contribution is 5.98. The van der Waals surface area contributed by atoms with Crippen molar-refractivity contribution in [3.63, 3.8) is 0 Å². The smallest absolute Gasteiger partial charge is 0.308 e. The van der Waals surface area contributed by atoms with Gasteiger partial charge in [0.15, 0.2) is 0 Å². The number of hydrogen-bond donors (Lipinski definition) is 1. The number of tetrazole rings is 1. The number of carboxylic acid groups (broad SMARTS) is 1. The Balaban J connectivity index is 1.88. The van der Waals surface area contributed by atoms with Gasteiger partial charge in [-0.1, -0.05) is 12.1 Å². The third-order valence-electron chi connectivity index (χ3n) is 3.79. The van der Waals surface area contributed by atoms with Gasteiger partial charge in [0.1, 0.15) is 6.33 Å². The third-order valence-corrected chi connectivity index (χ3v) is 3.79. The van der Waals surface area contributed by atoms with Gasteiger partial charge in [-0.15, -0.1) is 5.10 Å². The number of hydrogen-bond acceptors (Lipinski definition) is 5. The Labute approximate surface area is 126 Å². The molecule has 1 amide bonds. The summed E-state index contributed by atoms with van der Waals surface area (Å²) >= 11 is 0. The minimum absolute atomic E-state index is 0.197. The fourth-order valence-corrected chi connectivity index (χ4v) is 2.66. The molecule has 22 heavy (non-hydrogen) atoms. The highest BCUT2D eigenvalue weighted by Crippen LogP contribution is 2.21. The summed E-state index contributed by atoms with van der Waals surface area (Å²) < 4.78 is 1.42. The minimum Gasteiger partial charge on any atom is -0.481 e. The lowest BCUT2D eigenvalue weighted by Crippen LogP contribution is -2.42. The van der Waals surface area contributed by atoms with Crippen molar-refractivity contribution >= 4 is 11.9 Å². The van der Waals surface area contributed by atoms with Crippen LogP contribution in [0.1, 0.15) is 23.2 Å². The van der Waals surface area contributed by atoms with Crippen LogP contribution < -0.4 is 0 Å². The Hall–Kier alpha value is -2.77. The molecule has 0 bridgehead atoms. The Morgan fingerprint density at radius 1 is 1.27 bits per heavy atom. The summed E-state index contributed by atoms with van der Waals surface area (Å²) in [6.45, 7) is 0.796. The summed E-state index contributed by atoms with van der Waals surface area (Å²) in [6.07, 6.45) is 2.71. The Bertz CT molecular complexity index is 686. The molecule has 0 aliphatic carbocycles. The molecule has 1 aromatic heterocycles. The van der Waals surface area contributed by atoms with Gasteiger partial charge >= 0.3 is 5.97 Å². The van der Waals surface area contributed by atoms with E-state index in [1.165, 1.54) is 11.0 Å². The van der Waals surface area contributed by atoms with Crippen molar-refractivity contribution in [3.8, 4) is 5.69 Å². The number of carbonyl (C=O) groups excluding carboxylic acids is 1. The zero-order chi connectivity index (χ0) is 15.5. The molecule has 2 heterocycles. The maximum absolute atomic E-state index is 12.7. The van der Waals surface area contributed by atoms with Crippen molar-refractivity contribution in [1.29, 1.82) is 0 Å². The maximum atomic E-state index is 12.7. The van der Waals surface area contributed by atoms with Crippen LogP contribution in [0.5, 0.6) is 0 Å². The van der Waals surface area contributed by atoms with Crippen molar-refractivity contribution in [2.45, 2.75) is 12.8 Å². The van der Waals surface area contributed by atoms with Gasteiger partial charge in [0.25, 0.3) is 5.91 Å². The number of piperidine rings is 1. The van der Waals surface area contributed by atoms with Crippen LogP contribution in [-0.4, -0.2) is 55.2 Å². The molecular formula is C14H15N5O3. The molecule has 1 saturated heterocycles. The predicted octanol–water partition coefficient (Wildman–Crippen LogP) is 0.599. The summed E-state index contributed by atoms with van der Waals surface area (Å²) in [4.78, 5) is 25.5. The topological polar surface area (TPSA) is 101 Å². The number of likely N-dealkylation sites (tertiary alicyclic amines) is 1. The van der Waals surface area contributed by atoms with Crippen LogP contribution in [0.3, 0.4) is 0 Å². The highest BCUT2D eigenvalue weighted by atomic mass is 16.4. The van der Waals surface area contributed by atoms with Crippen molar-refractivity contribution in [2.75, 3.05) is 13.1 Å². The maximum Gasteiger partial charge on any atom is 0.308 e. The summed E-state index contributed by atoms with van der Waals surface area (Å²) in [6, 6.07) is 7.01. The number of aliphatic carboxylic acids is 1. The van der Waals surface area contributed by atoms with E-state index in [1.807, 2.05) is 0 Å². The molecule has 2 aromatic rings. The Morgan fingerprint density at radius 3 is 2.82 bits per heavy atom. The van der Waals surface area contributed by atoms with Crippen molar-refractivity contribution in [3.05, 3.63) is 36.2 Å². The van der Waals surface area contributed by atoms with Crippen LogP contribution >= 0.6 is 0 Å². The van der Waals surface area contributed by atoms with Gasteiger partial charge < -0.3 is 10.0 Å². The lowest BCUT2D eigenvalue weighted by molar-refractivity contribution is -0.143. The van der Waals surface area contributed by atoms with Crippen LogP contribution in [0.2, 0.25) is 0 Å². The van der Waals surface area contributed by atoms with Crippen LogP contribution in [0.4, 0.5) is 0 Å². The van der Waals surface area contributed by atoms with Gasteiger partial charge in [-0.3, -0.25) is 9.59 Å². The molecule has 1 aliphatic heterocycles. The SMILES string of the molecule is O=C(O)C1CCCN(C(=O)c2ccccc2-n2cnnn2)C1. The molecule has 0 saturated carbocycles. The van der Waals surface area contributed by atoms with Gasteiger partial charge in [0, 0.05) is 13.1 Å². The molecule has 1 aromatic carbocycles. The summed E-state index contributed by atoms with van der Waals surface area (Å²) in [7, 11) is 0. The third kappa shape index (κ3) is 2.67. The normalized spacial score (nSPS) is 18.2. The number of aromatic nitrogens is 4. The molecule has 0 radical (unpaired) electrons. The van der Waals surface area contributed by atoms with Crippen LogP contribution in [0.25, 0.3) is 5.69 Å². The number of amides is 1. The van der Waals surface area contributed by atoms with E-state index >= 15 is 0 Å². The fraction of sp³-hybridized carbons (Fsp3) is 0.357. The second-order valence-electron chi connectivity index (χ2n) is 5.20. The average molecular weight is 301 g/mol. The molecule has 1 aliphatic rings. The first kappa shape index (κ1) is 14.2. The summed E-state index contributed by atoms with van der Waals surface area (Å²) in [5, 5.41) is 20.1. The van der Waals surface area contributed by atoms with Gasteiger partial charge in [0.05, 0.1) is 17.2 Å². The Morgan fingerprint density at radius 2 is 2.09 bits per heavy atom. The number of benzene rings is 1. The number of rotatable bonds is 3. The van der Waals surface area contributed by atoms with Gasteiger partial charge in [-0.25, -0.2) is 0 Å². The van der Waals surface area contributed by atoms with E-state index in [4.69, 9.17) is 5.11 Å². The molecule has 1 unspecified atom stereocenters. The molecule has 0 spiro atoms. The van der Waals surface area contributed by atoms with Crippen molar-refractivity contribution in [2.24, 2.45) is 5.92 Å². The zero-order valence-electron chi connectivity index (χ0n) is 11.8. The zero-order valence-corrected chi connectivity index (χ0v) is 11.8. The molecule has 1 atom stereocenters. The lowest BCUT2D eigenvalue weighted by atomic mass is 9.97. The van der Waals surface area contributed by atoms with E-state index < -0.39 is 11.9 Å². The largest absolute Gasteiger partial charge is 0.481 e. The number of carboxylic acids is 1. The van der Waals surface area contributed by atoms with Crippen molar-refractivity contribution < 1.29 is 14.7 Å². The molecule has 114 valence electrons. The molecule has 8 nitrogen and oxygen atoms in total. The molecule has 3 rings (SSSR count). The number of para-hydroxylation sites is 1. The van der Waals surface area contributed by atoms with Crippen molar-refractivity contribution in [1.82, 2.24) is 25.1 Å². The van der Waals surface area contributed by atoms with Gasteiger partial charge in [0.2, 0.25) is 0 Å². The average Bonchev–Trinajstić information content (AvgIpc) is 3.08. The van der Waals surface area contributed by atoms with E-state index in [1.54, 1.807) is 29.2 Å². The van der Waals surface area contributed by atoms with E-state index in [9.17, 15) is 9.59 Å². The predicted molar refractivity (Wildman–Crippen MR) is 75.4 cm³/mol. The number of carbonyl (C=O) groups is 2. The first-order chi connectivity index (χ1) is 10.7. The Kier molecular flexibility index (Phi) is 3.82. The summed E-state index contributed by atoms with van der Waals surface area (Å²) in [5.41, 5.74) is 1.04. The second kappa shape index (κ2) is 5.92. The van der Waals surface area contributed by atoms with Crippen LogP contribution in [-0.2, 0) is 4.79 Å². The molecular weight excluding hydrogens is 286 g/mol. The first-order valence-corrected chi connectivity index (χ1v) is 7.01. The highest BCUT2D eigenvalue weighted by Gasteiger charge is 2.29.